The molecular weight excluding hydrogens is 574 g/mol. The van der Waals surface area contributed by atoms with Gasteiger partial charge in [0.2, 0.25) is 0 Å². The number of H-pyrrole nitrogens is 1. The van der Waals surface area contributed by atoms with Gasteiger partial charge in [0.05, 0.1) is 33.3 Å². The molecule has 4 aromatic rings. The molecule has 0 unspecified atom stereocenters. The van der Waals surface area contributed by atoms with E-state index in [4.69, 9.17) is 19.9 Å². The zero-order valence-electron chi connectivity index (χ0n) is 26.2. The molecule has 0 aliphatic carbocycles. The molecule has 3 N–H and O–H groups in total. The van der Waals surface area contributed by atoms with Crippen molar-refractivity contribution in [3.8, 4) is 11.8 Å². The number of carbonyl (C=O) groups is 1. The maximum atomic E-state index is 12.7. The highest BCUT2D eigenvalue weighted by Gasteiger charge is 2.18. The molecule has 2 aromatic carbocycles. The number of rotatable bonds is 15. The lowest BCUT2D eigenvalue weighted by Crippen LogP contribution is -2.46. The van der Waals surface area contributed by atoms with E-state index in [9.17, 15) is 9.59 Å². The van der Waals surface area contributed by atoms with Gasteiger partial charge in [0, 0.05) is 39.3 Å². The van der Waals surface area contributed by atoms with Crippen LogP contribution in [0.4, 0.5) is 5.82 Å². The second kappa shape index (κ2) is 15.5. The third-order valence-electron chi connectivity index (χ3n) is 7.96. The molecule has 2 aromatic heterocycles. The SMILES string of the molecule is CCCCOc1nc(N)c2[nH]c(=O)n(Cc3ccc(CN4CCN(CCCOc5cccc(CC(=O)OC)c5)CC4)cc3)c2n1. The summed E-state index contributed by atoms with van der Waals surface area (Å²) in [5.74, 6) is 0.721. The number of fused-ring (bicyclic) bond motifs is 1. The van der Waals surface area contributed by atoms with Gasteiger partial charge in [-0.1, -0.05) is 49.7 Å². The number of anilines is 1. The zero-order chi connectivity index (χ0) is 31.6. The van der Waals surface area contributed by atoms with E-state index >= 15 is 0 Å². The molecule has 1 aliphatic heterocycles. The Balaban J connectivity index is 1.06. The van der Waals surface area contributed by atoms with Gasteiger partial charge < -0.3 is 29.8 Å². The lowest BCUT2D eigenvalue weighted by Gasteiger charge is -2.34. The summed E-state index contributed by atoms with van der Waals surface area (Å²) < 4.78 is 17.9. The Kier molecular flexibility index (Phi) is 11.0. The Morgan fingerprint density at radius 3 is 2.36 bits per heavy atom. The smallest absolute Gasteiger partial charge is 0.328 e. The van der Waals surface area contributed by atoms with E-state index in [0.29, 0.717) is 30.9 Å². The Hall–Kier alpha value is -4.42. The standard InChI is InChI=1S/C33H43N7O5/c1-3-4-18-45-32-36-30(34)29-31(37-32)40(33(42)35-29)23-25-11-9-24(10-12-25)22-39-16-14-38(15-17-39)13-6-19-44-27-8-5-7-26(20-27)21-28(41)43-2/h5,7-12,20H,3-4,6,13-19,21-23H2,1-2H3,(H,35,42)(H2,34,36,37). The zero-order valence-corrected chi connectivity index (χ0v) is 26.2. The van der Waals surface area contributed by atoms with E-state index in [0.717, 1.165) is 75.4 Å². The van der Waals surface area contributed by atoms with Gasteiger partial charge in [-0.05, 0) is 41.7 Å². The number of nitrogens with zero attached hydrogens (tertiary/aromatic N) is 5. The van der Waals surface area contributed by atoms with Crippen LogP contribution >= 0.6 is 0 Å². The van der Waals surface area contributed by atoms with E-state index in [1.807, 2.05) is 24.3 Å². The number of nitrogens with one attached hydrogen (secondary N) is 1. The van der Waals surface area contributed by atoms with E-state index < -0.39 is 0 Å². The van der Waals surface area contributed by atoms with Crippen LogP contribution in [0, 0.1) is 0 Å². The Bertz CT molecular complexity index is 1610. The number of aromatic amines is 1. The number of esters is 1. The van der Waals surface area contributed by atoms with Crippen LogP contribution in [0.3, 0.4) is 0 Å². The summed E-state index contributed by atoms with van der Waals surface area (Å²) in [5, 5.41) is 0. The fraction of sp³-hybridized carbons (Fsp3) is 0.455. The van der Waals surface area contributed by atoms with Crippen LogP contribution < -0.4 is 20.9 Å². The van der Waals surface area contributed by atoms with E-state index in [1.54, 1.807) is 4.57 Å². The number of aromatic nitrogens is 4. The van der Waals surface area contributed by atoms with Crippen LogP contribution in [-0.4, -0.2) is 88.3 Å². The molecule has 3 heterocycles. The summed E-state index contributed by atoms with van der Waals surface area (Å²) >= 11 is 0. The molecule has 1 aliphatic rings. The highest BCUT2D eigenvalue weighted by molar-refractivity contribution is 5.82. The number of piperazine rings is 1. The first-order chi connectivity index (χ1) is 21.9. The van der Waals surface area contributed by atoms with Crippen LogP contribution in [-0.2, 0) is 29.0 Å². The van der Waals surface area contributed by atoms with Crippen molar-refractivity contribution in [2.45, 2.75) is 45.7 Å². The predicted octanol–water partition coefficient (Wildman–Crippen LogP) is 3.23. The number of ether oxygens (including phenoxy) is 3. The third kappa shape index (κ3) is 8.83. The molecular formula is C33H43N7O5. The minimum absolute atomic E-state index is 0.185. The number of nitrogen functional groups attached to an aromatic ring is 1. The molecule has 1 fully saturated rings. The fourth-order valence-corrected chi connectivity index (χ4v) is 5.37. The van der Waals surface area contributed by atoms with Gasteiger partial charge in [-0.3, -0.25) is 14.3 Å². The van der Waals surface area contributed by atoms with Gasteiger partial charge in [0.1, 0.15) is 11.3 Å². The van der Waals surface area contributed by atoms with Crippen molar-refractivity contribution >= 4 is 23.0 Å². The lowest BCUT2D eigenvalue weighted by atomic mass is 10.1. The molecule has 0 amide bonds. The normalized spacial score (nSPS) is 14.1. The number of carbonyl (C=O) groups excluding carboxylic acids is 1. The number of hydrogen-bond donors (Lipinski definition) is 2. The molecule has 12 nitrogen and oxygen atoms in total. The minimum Gasteiger partial charge on any atom is -0.494 e. The Morgan fingerprint density at radius 2 is 1.62 bits per heavy atom. The van der Waals surface area contributed by atoms with E-state index in [1.165, 1.54) is 12.7 Å². The average molecular weight is 618 g/mol. The van der Waals surface area contributed by atoms with Gasteiger partial charge in [-0.15, -0.1) is 0 Å². The summed E-state index contributed by atoms with van der Waals surface area (Å²) in [4.78, 5) is 40.6. The van der Waals surface area contributed by atoms with Gasteiger partial charge in [0.15, 0.2) is 11.5 Å². The maximum absolute atomic E-state index is 12.7. The summed E-state index contributed by atoms with van der Waals surface area (Å²) in [5.41, 5.74) is 9.79. The molecule has 0 atom stereocenters. The van der Waals surface area contributed by atoms with Crippen molar-refractivity contribution in [2.24, 2.45) is 0 Å². The predicted molar refractivity (Wildman–Crippen MR) is 172 cm³/mol. The number of nitrogens with two attached hydrogens (primary N) is 1. The number of methoxy groups -OCH3 is 1. The van der Waals surface area contributed by atoms with Crippen LogP contribution in [0.2, 0.25) is 0 Å². The number of benzene rings is 2. The average Bonchev–Trinajstić information content (AvgIpc) is 3.36. The van der Waals surface area contributed by atoms with Gasteiger partial charge in [-0.25, -0.2) is 4.79 Å². The van der Waals surface area contributed by atoms with Crippen LogP contribution in [0.25, 0.3) is 11.2 Å². The highest BCUT2D eigenvalue weighted by atomic mass is 16.5. The fourth-order valence-electron chi connectivity index (χ4n) is 5.37. The van der Waals surface area contributed by atoms with E-state index in [-0.39, 0.29) is 29.9 Å². The topological polar surface area (TPSA) is 141 Å². The lowest BCUT2D eigenvalue weighted by molar-refractivity contribution is -0.139. The Labute approximate surface area is 263 Å². The van der Waals surface area contributed by atoms with Crippen LogP contribution in [0.5, 0.6) is 11.8 Å². The van der Waals surface area contributed by atoms with Crippen molar-refractivity contribution in [1.82, 2.24) is 29.3 Å². The third-order valence-corrected chi connectivity index (χ3v) is 7.96. The minimum atomic E-state index is -0.282. The monoisotopic (exact) mass is 617 g/mol. The van der Waals surface area contributed by atoms with E-state index in [2.05, 4.69) is 55.9 Å². The molecule has 0 saturated carbocycles. The van der Waals surface area contributed by atoms with Crippen molar-refractivity contribution in [3.63, 3.8) is 0 Å². The molecule has 5 rings (SSSR count). The summed E-state index contributed by atoms with van der Waals surface area (Å²) in [6.45, 7) is 9.50. The summed E-state index contributed by atoms with van der Waals surface area (Å²) in [6.07, 6.45) is 3.07. The van der Waals surface area contributed by atoms with Gasteiger partial charge in [0.25, 0.3) is 0 Å². The van der Waals surface area contributed by atoms with Crippen molar-refractivity contribution in [2.75, 3.05) is 58.8 Å². The van der Waals surface area contributed by atoms with Crippen LogP contribution in [0.15, 0.2) is 53.3 Å². The van der Waals surface area contributed by atoms with Crippen molar-refractivity contribution in [3.05, 3.63) is 75.7 Å². The molecule has 0 bridgehead atoms. The number of imidazole rings is 1. The summed E-state index contributed by atoms with van der Waals surface area (Å²) in [6, 6.07) is 16.2. The number of hydrogen-bond acceptors (Lipinski definition) is 10. The molecule has 0 spiro atoms. The van der Waals surface area contributed by atoms with Crippen molar-refractivity contribution < 1.29 is 19.0 Å². The molecule has 12 heteroatoms. The first-order valence-electron chi connectivity index (χ1n) is 15.6. The Morgan fingerprint density at radius 1 is 0.911 bits per heavy atom. The van der Waals surface area contributed by atoms with Crippen LogP contribution in [0.1, 0.15) is 42.9 Å². The van der Waals surface area contributed by atoms with Crippen molar-refractivity contribution in [1.29, 1.82) is 0 Å². The van der Waals surface area contributed by atoms with Gasteiger partial charge in [-0.2, -0.15) is 9.97 Å². The molecule has 1 saturated heterocycles. The maximum Gasteiger partial charge on any atom is 0.328 e. The largest absolute Gasteiger partial charge is 0.494 e. The highest BCUT2D eigenvalue weighted by Crippen LogP contribution is 2.20. The molecule has 0 radical (unpaired) electrons. The second-order valence-electron chi connectivity index (χ2n) is 11.3. The summed E-state index contributed by atoms with van der Waals surface area (Å²) in [7, 11) is 1.40. The molecule has 45 heavy (non-hydrogen) atoms. The van der Waals surface area contributed by atoms with Gasteiger partial charge >= 0.3 is 17.7 Å². The first kappa shape index (κ1) is 32.0. The quantitative estimate of drug-likeness (QED) is 0.151. The second-order valence-corrected chi connectivity index (χ2v) is 11.3. The molecule has 240 valence electrons. The first-order valence-corrected chi connectivity index (χ1v) is 15.6. The number of unbranched alkanes of at least 4 members (excludes halogenated alkanes) is 1.